The zero-order valence-electron chi connectivity index (χ0n) is 9.25. The number of nitrogens with one attached hydrogen (secondary N) is 1. The standard InChI is InChI=1S/C13H10Cl2FNO/c14-9-4-2-6-11(16)12(9)17-7-8-3-1-5-10(15)13(8)18/h1-6,17-18H,7H2. The molecule has 0 amide bonds. The maximum Gasteiger partial charge on any atom is 0.147 e. The van der Waals surface area contributed by atoms with Gasteiger partial charge >= 0.3 is 0 Å². The normalized spacial score (nSPS) is 10.4. The van der Waals surface area contributed by atoms with Crippen LogP contribution in [0.15, 0.2) is 36.4 Å². The topological polar surface area (TPSA) is 32.3 Å². The van der Waals surface area contributed by atoms with Gasteiger partial charge in [-0.05, 0) is 18.2 Å². The lowest BCUT2D eigenvalue weighted by atomic mass is 10.2. The Morgan fingerprint density at radius 3 is 2.44 bits per heavy atom. The molecular weight excluding hydrogens is 276 g/mol. The van der Waals surface area contributed by atoms with Crippen molar-refractivity contribution in [3.05, 3.63) is 57.8 Å². The van der Waals surface area contributed by atoms with E-state index in [-0.39, 0.29) is 28.0 Å². The van der Waals surface area contributed by atoms with Gasteiger partial charge in [-0.25, -0.2) is 4.39 Å². The van der Waals surface area contributed by atoms with E-state index in [1.54, 1.807) is 24.3 Å². The molecule has 5 heteroatoms. The van der Waals surface area contributed by atoms with Crippen molar-refractivity contribution in [2.45, 2.75) is 6.54 Å². The third kappa shape index (κ3) is 2.68. The molecule has 0 aliphatic carbocycles. The van der Waals surface area contributed by atoms with Gasteiger partial charge in [0, 0.05) is 12.1 Å². The van der Waals surface area contributed by atoms with E-state index in [1.165, 1.54) is 12.1 Å². The molecule has 18 heavy (non-hydrogen) atoms. The van der Waals surface area contributed by atoms with E-state index in [4.69, 9.17) is 23.2 Å². The van der Waals surface area contributed by atoms with E-state index < -0.39 is 5.82 Å². The van der Waals surface area contributed by atoms with E-state index >= 15 is 0 Å². The van der Waals surface area contributed by atoms with Crippen LogP contribution in [0.3, 0.4) is 0 Å². The zero-order valence-corrected chi connectivity index (χ0v) is 10.8. The Labute approximate surface area is 114 Å². The molecule has 94 valence electrons. The first kappa shape index (κ1) is 13.0. The zero-order chi connectivity index (χ0) is 13.1. The summed E-state index contributed by atoms with van der Waals surface area (Å²) in [5, 5.41) is 13.1. The summed E-state index contributed by atoms with van der Waals surface area (Å²) < 4.78 is 13.5. The predicted octanol–water partition coefficient (Wildman–Crippen LogP) is 4.45. The summed E-state index contributed by atoms with van der Waals surface area (Å²) in [6.45, 7) is 0.229. The number of aromatic hydroxyl groups is 1. The molecule has 0 aliphatic heterocycles. The quantitative estimate of drug-likeness (QED) is 0.873. The van der Waals surface area contributed by atoms with Gasteiger partial charge in [-0.2, -0.15) is 0 Å². The van der Waals surface area contributed by atoms with Crippen LogP contribution in [0.2, 0.25) is 10.0 Å². The highest BCUT2D eigenvalue weighted by molar-refractivity contribution is 6.33. The summed E-state index contributed by atoms with van der Waals surface area (Å²) in [6, 6.07) is 9.41. The van der Waals surface area contributed by atoms with Crippen molar-refractivity contribution in [2.24, 2.45) is 0 Å². The molecule has 0 aliphatic rings. The number of hydrogen-bond acceptors (Lipinski definition) is 2. The average Bonchev–Trinajstić information content (AvgIpc) is 2.33. The Morgan fingerprint density at radius 2 is 1.72 bits per heavy atom. The Balaban J connectivity index is 2.19. The Morgan fingerprint density at radius 1 is 1.06 bits per heavy atom. The second-order valence-corrected chi connectivity index (χ2v) is 4.51. The summed E-state index contributed by atoms with van der Waals surface area (Å²) in [7, 11) is 0. The molecule has 0 bridgehead atoms. The second kappa shape index (κ2) is 5.46. The van der Waals surface area contributed by atoms with Gasteiger partial charge < -0.3 is 10.4 Å². The van der Waals surface area contributed by atoms with Crippen molar-refractivity contribution >= 4 is 28.9 Å². The number of phenolic OH excluding ortho intramolecular Hbond substituents is 1. The minimum atomic E-state index is -0.441. The molecule has 0 atom stereocenters. The van der Waals surface area contributed by atoms with Crippen LogP contribution in [0, 0.1) is 5.82 Å². The van der Waals surface area contributed by atoms with E-state index in [0.717, 1.165) is 0 Å². The van der Waals surface area contributed by atoms with E-state index in [2.05, 4.69) is 5.32 Å². The number of rotatable bonds is 3. The smallest absolute Gasteiger partial charge is 0.147 e. The summed E-state index contributed by atoms with van der Waals surface area (Å²) in [5.74, 6) is -0.455. The lowest BCUT2D eigenvalue weighted by molar-refractivity contribution is 0.469. The van der Waals surface area contributed by atoms with Crippen LogP contribution in [-0.2, 0) is 6.54 Å². The summed E-state index contributed by atoms with van der Waals surface area (Å²) in [6.07, 6.45) is 0. The largest absolute Gasteiger partial charge is 0.506 e. The lowest BCUT2D eigenvalue weighted by Crippen LogP contribution is -2.02. The van der Waals surface area contributed by atoms with Crippen molar-refractivity contribution in [1.29, 1.82) is 0 Å². The number of phenols is 1. The first-order valence-electron chi connectivity index (χ1n) is 5.24. The minimum Gasteiger partial charge on any atom is -0.506 e. The fraction of sp³-hybridized carbons (Fsp3) is 0.0769. The van der Waals surface area contributed by atoms with Gasteiger partial charge in [0.1, 0.15) is 11.6 Å². The van der Waals surface area contributed by atoms with Crippen LogP contribution < -0.4 is 5.32 Å². The van der Waals surface area contributed by atoms with E-state index in [9.17, 15) is 9.50 Å². The molecule has 0 saturated heterocycles. The van der Waals surface area contributed by atoms with Crippen LogP contribution in [0.4, 0.5) is 10.1 Å². The summed E-state index contributed by atoms with van der Waals surface area (Å²) >= 11 is 11.7. The highest BCUT2D eigenvalue weighted by Gasteiger charge is 2.09. The number of para-hydroxylation sites is 2. The molecule has 2 rings (SSSR count). The van der Waals surface area contributed by atoms with Crippen LogP contribution in [0.1, 0.15) is 5.56 Å². The van der Waals surface area contributed by atoms with Crippen molar-refractivity contribution < 1.29 is 9.50 Å². The lowest BCUT2D eigenvalue weighted by Gasteiger charge is -2.11. The number of anilines is 1. The van der Waals surface area contributed by atoms with Gasteiger partial charge in [0.05, 0.1) is 15.7 Å². The third-order valence-electron chi connectivity index (χ3n) is 2.49. The maximum atomic E-state index is 13.5. The van der Waals surface area contributed by atoms with E-state index in [1.807, 2.05) is 0 Å². The highest BCUT2D eigenvalue weighted by Crippen LogP contribution is 2.29. The van der Waals surface area contributed by atoms with Crippen molar-refractivity contribution in [1.82, 2.24) is 0 Å². The fourth-order valence-corrected chi connectivity index (χ4v) is 1.98. The van der Waals surface area contributed by atoms with Crippen LogP contribution in [0.5, 0.6) is 5.75 Å². The Kier molecular flexibility index (Phi) is 3.94. The molecule has 0 unspecified atom stereocenters. The minimum absolute atomic E-state index is 0.0147. The third-order valence-corrected chi connectivity index (χ3v) is 3.11. The molecule has 0 saturated carbocycles. The molecule has 0 radical (unpaired) electrons. The molecule has 0 aromatic heterocycles. The van der Waals surface area contributed by atoms with Gasteiger partial charge in [0.25, 0.3) is 0 Å². The predicted molar refractivity (Wildman–Crippen MR) is 71.9 cm³/mol. The van der Waals surface area contributed by atoms with Gasteiger partial charge in [-0.3, -0.25) is 0 Å². The summed E-state index contributed by atoms with van der Waals surface area (Å²) in [5.41, 5.74) is 0.778. The Hall–Kier alpha value is -1.45. The summed E-state index contributed by atoms with van der Waals surface area (Å²) in [4.78, 5) is 0. The monoisotopic (exact) mass is 285 g/mol. The number of hydrogen-bond donors (Lipinski definition) is 2. The van der Waals surface area contributed by atoms with Gasteiger partial charge in [0.15, 0.2) is 0 Å². The molecule has 0 fully saturated rings. The van der Waals surface area contributed by atoms with Crippen LogP contribution in [-0.4, -0.2) is 5.11 Å². The maximum absolute atomic E-state index is 13.5. The Bertz CT molecular complexity index is 555. The average molecular weight is 286 g/mol. The van der Waals surface area contributed by atoms with Gasteiger partial charge in [-0.15, -0.1) is 0 Å². The van der Waals surface area contributed by atoms with Crippen molar-refractivity contribution in [3.63, 3.8) is 0 Å². The fourth-order valence-electron chi connectivity index (χ4n) is 1.55. The first-order valence-corrected chi connectivity index (χ1v) is 5.99. The van der Waals surface area contributed by atoms with Crippen LogP contribution in [0.25, 0.3) is 0 Å². The SMILES string of the molecule is Oc1c(Cl)cccc1CNc1c(F)cccc1Cl. The molecule has 2 aromatic rings. The molecule has 0 heterocycles. The molecule has 2 N–H and O–H groups in total. The van der Waals surface area contributed by atoms with Gasteiger partial charge in [0.2, 0.25) is 0 Å². The van der Waals surface area contributed by atoms with Gasteiger partial charge in [-0.1, -0.05) is 41.4 Å². The number of benzene rings is 2. The van der Waals surface area contributed by atoms with Crippen molar-refractivity contribution in [2.75, 3.05) is 5.32 Å². The second-order valence-electron chi connectivity index (χ2n) is 3.70. The van der Waals surface area contributed by atoms with Crippen molar-refractivity contribution in [3.8, 4) is 5.75 Å². The highest BCUT2D eigenvalue weighted by atomic mass is 35.5. The van der Waals surface area contributed by atoms with E-state index in [0.29, 0.717) is 5.56 Å². The first-order chi connectivity index (χ1) is 8.59. The molecule has 2 nitrogen and oxygen atoms in total. The van der Waals surface area contributed by atoms with Crippen LogP contribution >= 0.6 is 23.2 Å². The number of halogens is 3. The molecular formula is C13H10Cl2FNO. The molecule has 0 spiro atoms. The molecule has 2 aromatic carbocycles.